The first kappa shape index (κ1) is 21.2. The lowest BCUT2D eigenvalue weighted by atomic mass is 10.3. The van der Waals surface area contributed by atoms with Crippen molar-refractivity contribution in [1.29, 1.82) is 0 Å². The van der Waals surface area contributed by atoms with E-state index < -0.39 is 16.1 Å². The average molecular weight is 429 g/mol. The fourth-order valence-electron chi connectivity index (χ4n) is 3.23. The molecule has 6 nitrogen and oxygen atoms in total. The van der Waals surface area contributed by atoms with Gasteiger partial charge in [-0.2, -0.15) is 4.31 Å². The Kier molecular flexibility index (Phi) is 6.72. The van der Waals surface area contributed by atoms with Gasteiger partial charge in [-0.15, -0.1) is 11.3 Å². The highest BCUT2D eigenvalue weighted by Gasteiger charge is 2.31. The molecule has 1 atom stereocenters. The fraction of sp³-hybridized carbons (Fsp3) is 0.474. The molecule has 1 unspecified atom stereocenters. The van der Waals surface area contributed by atoms with Gasteiger partial charge in [0.25, 0.3) is 0 Å². The SMILES string of the molecule is Cc1cc(S(=O)(=O)N2CCN(CC(O)COc3ccc(F)cc3)CC2)c(C)s1. The molecule has 0 aliphatic carbocycles. The minimum Gasteiger partial charge on any atom is -0.491 e. The summed E-state index contributed by atoms with van der Waals surface area (Å²) in [7, 11) is -3.47. The van der Waals surface area contributed by atoms with Crippen LogP contribution in [-0.4, -0.2) is 68.2 Å². The van der Waals surface area contributed by atoms with Crippen LogP contribution in [0.15, 0.2) is 35.2 Å². The van der Waals surface area contributed by atoms with Crippen LogP contribution in [0.25, 0.3) is 0 Å². The predicted molar refractivity (Wildman–Crippen MR) is 107 cm³/mol. The van der Waals surface area contributed by atoms with E-state index in [9.17, 15) is 17.9 Å². The van der Waals surface area contributed by atoms with E-state index in [1.165, 1.54) is 39.9 Å². The highest BCUT2D eigenvalue weighted by Crippen LogP contribution is 2.28. The molecule has 1 aliphatic rings. The second-order valence-corrected chi connectivity index (χ2v) is 10.3. The lowest BCUT2D eigenvalue weighted by molar-refractivity contribution is 0.0569. The summed E-state index contributed by atoms with van der Waals surface area (Å²) in [6, 6.07) is 7.37. The van der Waals surface area contributed by atoms with E-state index in [1.54, 1.807) is 6.07 Å². The van der Waals surface area contributed by atoms with Gasteiger partial charge in [0.05, 0.1) is 4.90 Å². The normalized spacial score (nSPS) is 17.6. The number of rotatable bonds is 7. The summed E-state index contributed by atoms with van der Waals surface area (Å²) >= 11 is 1.49. The zero-order valence-corrected chi connectivity index (χ0v) is 17.6. The Bertz CT molecular complexity index is 891. The Morgan fingerprint density at radius 2 is 1.82 bits per heavy atom. The maximum Gasteiger partial charge on any atom is 0.244 e. The Labute approximate surface area is 169 Å². The van der Waals surface area contributed by atoms with Gasteiger partial charge in [0, 0.05) is 42.5 Å². The van der Waals surface area contributed by atoms with E-state index in [0.717, 1.165) is 9.75 Å². The molecule has 0 amide bonds. The number of halogens is 1. The molecule has 3 rings (SSSR count). The molecule has 28 heavy (non-hydrogen) atoms. The molecule has 1 aromatic heterocycles. The molecular formula is C19H25FN2O4S2. The predicted octanol–water partition coefficient (Wildman–Crippen LogP) is 2.25. The van der Waals surface area contributed by atoms with Crippen molar-refractivity contribution in [3.05, 3.63) is 45.9 Å². The Morgan fingerprint density at radius 3 is 2.39 bits per heavy atom. The maximum absolute atomic E-state index is 12.9. The zero-order chi connectivity index (χ0) is 20.3. The first-order valence-corrected chi connectivity index (χ1v) is 11.4. The summed E-state index contributed by atoms with van der Waals surface area (Å²) in [5.41, 5.74) is 0. The van der Waals surface area contributed by atoms with Crippen molar-refractivity contribution in [1.82, 2.24) is 9.21 Å². The minimum absolute atomic E-state index is 0.0948. The van der Waals surface area contributed by atoms with Gasteiger partial charge in [-0.3, -0.25) is 4.90 Å². The second-order valence-electron chi connectivity index (χ2n) is 6.90. The van der Waals surface area contributed by atoms with Gasteiger partial charge < -0.3 is 9.84 Å². The topological polar surface area (TPSA) is 70.1 Å². The van der Waals surface area contributed by atoms with E-state index in [-0.39, 0.29) is 12.4 Å². The zero-order valence-electron chi connectivity index (χ0n) is 16.0. The molecule has 1 fully saturated rings. The third-order valence-electron chi connectivity index (χ3n) is 4.67. The molecule has 2 heterocycles. The van der Waals surface area contributed by atoms with Crippen molar-refractivity contribution in [2.75, 3.05) is 39.3 Å². The number of aliphatic hydroxyl groups is 1. The average Bonchev–Trinajstić information content (AvgIpc) is 3.01. The summed E-state index contributed by atoms with van der Waals surface area (Å²) in [5, 5.41) is 10.2. The lowest BCUT2D eigenvalue weighted by Crippen LogP contribution is -2.50. The summed E-state index contributed by atoms with van der Waals surface area (Å²) in [6.07, 6.45) is -0.713. The van der Waals surface area contributed by atoms with Crippen LogP contribution >= 0.6 is 11.3 Å². The fourth-order valence-corrected chi connectivity index (χ4v) is 6.18. The first-order chi connectivity index (χ1) is 13.3. The molecule has 0 radical (unpaired) electrons. The molecule has 1 saturated heterocycles. The second kappa shape index (κ2) is 8.87. The van der Waals surface area contributed by atoms with E-state index in [1.807, 2.05) is 18.7 Å². The number of hydrogen-bond acceptors (Lipinski definition) is 6. The summed E-state index contributed by atoms with van der Waals surface area (Å²) in [4.78, 5) is 4.22. The van der Waals surface area contributed by atoms with Crippen LogP contribution in [0, 0.1) is 19.7 Å². The molecule has 9 heteroatoms. The van der Waals surface area contributed by atoms with Crippen LogP contribution in [0.4, 0.5) is 4.39 Å². The Balaban J connectivity index is 1.48. The number of β-amino-alcohol motifs (C(OH)–C–C–N with tert-alkyl or cyclic N) is 1. The molecule has 2 aromatic rings. The highest BCUT2D eigenvalue weighted by atomic mass is 32.2. The van der Waals surface area contributed by atoms with Crippen molar-refractivity contribution < 1.29 is 22.7 Å². The van der Waals surface area contributed by atoms with Crippen LogP contribution in [0.5, 0.6) is 5.75 Å². The number of aryl methyl sites for hydroxylation is 2. The van der Waals surface area contributed by atoms with Gasteiger partial charge in [-0.05, 0) is 44.2 Å². The molecule has 1 aromatic carbocycles. The van der Waals surface area contributed by atoms with Gasteiger partial charge in [0.1, 0.15) is 24.3 Å². The van der Waals surface area contributed by atoms with E-state index in [4.69, 9.17) is 4.74 Å². The number of nitrogens with zero attached hydrogens (tertiary/aromatic N) is 2. The van der Waals surface area contributed by atoms with Gasteiger partial charge >= 0.3 is 0 Å². The smallest absolute Gasteiger partial charge is 0.244 e. The number of piperazine rings is 1. The number of thiophene rings is 1. The minimum atomic E-state index is -3.47. The maximum atomic E-state index is 12.9. The van der Waals surface area contributed by atoms with Crippen molar-refractivity contribution >= 4 is 21.4 Å². The number of benzene rings is 1. The Hall–Kier alpha value is -1.52. The van der Waals surface area contributed by atoms with Gasteiger partial charge in [0.15, 0.2) is 0 Å². The van der Waals surface area contributed by atoms with Crippen LogP contribution in [0.1, 0.15) is 9.75 Å². The van der Waals surface area contributed by atoms with E-state index in [0.29, 0.717) is 43.4 Å². The van der Waals surface area contributed by atoms with Crippen molar-refractivity contribution in [2.24, 2.45) is 0 Å². The quantitative estimate of drug-likeness (QED) is 0.733. The third-order valence-corrected chi connectivity index (χ3v) is 7.79. The van der Waals surface area contributed by atoms with Crippen LogP contribution in [0.2, 0.25) is 0 Å². The number of ether oxygens (including phenoxy) is 1. The van der Waals surface area contributed by atoms with Gasteiger partial charge in [-0.25, -0.2) is 12.8 Å². The number of aliphatic hydroxyl groups excluding tert-OH is 1. The molecular weight excluding hydrogens is 403 g/mol. The molecule has 1 aliphatic heterocycles. The molecule has 1 N–H and O–H groups in total. The monoisotopic (exact) mass is 428 g/mol. The van der Waals surface area contributed by atoms with E-state index in [2.05, 4.69) is 0 Å². The van der Waals surface area contributed by atoms with Gasteiger partial charge in [-0.1, -0.05) is 0 Å². The molecule has 154 valence electrons. The molecule has 0 saturated carbocycles. The van der Waals surface area contributed by atoms with Crippen molar-refractivity contribution in [3.8, 4) is 5.75 Å². The third kappa shape index (κ3) is 5.09. The number of hydrogen-bond donors (Lipinski definition) is 1. The van der Waals surface area contributed by atoms with Crippen LogP contribution in [-0.2, 0) is 10.0 Å². The standard InChI is InChI=1S/C19H25FN2O4S2/c1-14-11-19(15(2)27-14)28(24,25)22-9-7-21(8-10-22)12-17(23)13-26-18-5-3-16(20)4-6-18/h3-6,11,17,23H,7-10,12-13H2,1-2H3. The summed E-state index contributed by atoms with van der Waals surface area (Å²) in [5.74, 6) is 0.159. The highest BCUT2D eigenvalue weighted by molar-refractivity contribution is 7.89. The van der Waals surface area contributed by atoms with Crippen molar-refractivity contribution in [2.45, 2.75) is 24.8 Å². The van der Waals surface area contributed by atoms with Crippen LogP contribution < -0.4 is 4.74 Å². The first-order valence-electron chi connectivity index (χ1n) is 9.11. The van der Waals surface area contributed by atoms with Crippen LogP contribution in [0.3, 0.4) is 0 Å². The van der Waals surface area contributed by atoms with Crippen molar-refractivity contribution in [3.63, 3.8) is 0 Å². The molecule has 0 bridgehead atoms. The largest absolute Gasteiger partial charge is 0.491 e. The summed E-state index contributed by atoms with van der Waals surface area (Å²) < 4.78 is 45.6. The Morgan fingerprint density at radius 1 is 1.18 bits per heavy atom. The lowest BCUT2D eigenvalue weighted by Gasteiger charge is -2.34. The number of sulfonamides is 1. The molecule has 0 spiro atoms. The van der Waals surface area contributed by atoms with Gasteiger partial charge in [0.2, 0.25) is 10.0 Å². The summed E-state index contributed by atoms with van der Waals surface area (Å²) in [6.45, 7) is 6.11. The van der Waals surface area contributed by atoms with E-state index >= 15 is 0 Å².